The summed E-state index contributed by atoms with van der Waals surface area (Å²) in [5.41, 5.74) is 1.16. The van der Waals surface area contributed by atoms with Gasteiger partial charge in [-0.25, -0.2) is 0 Å². The van der Waals surface area contributed by atoms with E-state index in [-0.39, 0.29) is 0 Å². The summed E-state index contributed by atoms with van der Waals surface area (Å²) in [7, 11) is 1.95. The Kier molecular flexibility index (Phi) is 3.36. The van der Waals surface area contributed by atoms with Crippen LogP contribution in [0.25, 0.3) is 0 Å². The normalized spacial score (nSPS) is 12.9. The highest BCUT2D eigenvalue weighted by atomic mass is 16.3. The Balaban J connectivity index is 1.78. The fraction of sp³-hybridized carbons (Fsp3) is 0.455. The van der Waals surface area contributed by atoms with Gasteiger partial charge in [-0.1, -0.05) is 0 Å². The van der Waals surface area contributed by atoms with Gasteiger partial charge in [0, 0.05) is 31.6 Å². The van der Waals surface area contributed by atoms with Gasteiger partial charge in [0.2, 0.25) is 0 Å². The average Bonchev–Trinajstić information content (AvgIpc) is 2.90. The molecule has 0 amide bonds. The summed E-state index contributed by atoms with van der Waals surface area (Å²) < 4.78 is 6.98. The zero-order chi connectivity index (χ0) is 11.4. The van der Waals surface area contributed by atoms with E-state index >= 15 is 0 Å². The van der Waals surface area contributed by atoms with Crippen LogP contribution >= 0.6 is 0 Å². The van der Waals surface area contributed by atoms with Crippen molar-refractivity contribution in [1.82, 2.24) is 20.1 Å². The highest BCUT2D eigenvalue weighted by Gasteiger charge is 2.06. The smallest absolute Gasteiger partial charge is 0.133 e. The molecule has 2 aromatic rings. The van der Waals surface area contributed by atoms with Gasteiger partial charge in [-0.05, 0) is 13.0 Å². The molecule has 16 heavy (non-hydrogen) atoms. The van der Waals surface area contributed by atoms with Crippen LogP contribution in [0.15, 0.2) is 29.3 Å². The zero-order valence-electron chi connectivity index (χ0n) is 9.55. The molecule has 0 aliphatic heterocycles. The first kappa shape index (κ1) is 10.9. The van der Waals surface area contributed by atoms with Crippen molar-refractivity contribution < 1.29 is 4.42 Å². The summed E-state index contributed by atoms with van der Waals surface area (Å²) in [6, 6.07) is 2.27. The highest BCUT2D eigenvalue weighted by Crippen LogP contribution is 2.11. The molecular weight excluding hydrogens is 204 g/mol. The topological polar surface area (TPSA) is 55.9 Å². The molecule has 1 atom stereocenters. The molecule has 2 rings (SSSR count). The van der Waals surface area contributed by atoms with E-state index in [2.05, 4.69) is 22.4 Å². The predicted molar refractivity (Wildman–Crippen MR) is 59.8 cm³/mol. The molecule has 86 valence electrons. The van der Waals surface area contributed by atoms with Gasteiger partial charge in [0.05, 0.1) is 12.5 Å². The molecule has 1 N–H and O–H groups in total. The van der Waals surface area contributed by atoms with E-state index in [4.69, 9.17) is 4.42 Å². The van der Waals surface area contributed by atoms with Crippen LogP contribution in [-0.4, -0.2) is 21.3 Å². The largest absolute Gasteiger partial charge is 0.472 e. The number of hydrogen-bond acceptors (Lipinski definition) is 4. The SMILES string of the molecule is CC(NCCc1nncn1C)c1ccoc1. The molecule has 0 bridgehead atoms. The number of nitrogens with zero attached hydrogens (tertiary/aromatic N) is 3. The van der Waals surface area contributed by atoms with Crippen molar-refractivity contribution in [1.29, 1.82) is 0 Å². The maximum atomic E-state index is 5.04. The van der Waals surface area contributed by atoms with E-state index in [0.717, 1.165) is 24.4 Å². The molecule has 2 heterocycles. The maximum Gasteiger partial charge on any atom is 0.133 e. The lowest BCUT2D eigenvalue weighted by atomic mass is 10.2. The average molecular weight is 220 g/mol. The van der Waals surface area contributed by atoms with Crippen molar-refractivity contribution in [3.63, 3.8) is 0 Å². The second-order valence-electron chi connectivity index (χ2n) is 3.84. The minimum absolute atomic E-state index is 0.298. The molecule has 1 unspecified atom stereocenters. The number of aryl methyl sites for hydroxylation is 1. The fourth-order valence-corrected chi connectivity index (χ4v) is 1.57. The molecule has 0 saturated carbocycles. The van der Waals surface area contributed by atoms with Crippen LogP contribution in [0.4, 0.5) is 0 Å². The maximum absolute atomic E-state index is 5.04. The molecular formula is C11H16N4O. The van der Waals surface area contributed by atoms with Crippen LogP contribution < -0.4 is 5.32 Å². The van der Waals surface area contributed by atoms with Crippen LogP contribution in [0.2, 0.25) is 0 Å². The van der Waals surface area contributed by atoms with Crippen LogP contribution in [0, 0.1) is 0 Å². The lowest BCUT2D eigenvalue weighted by molar-refractivity contribution is 0.535. The lowest BCUT2D eigenvalue weighted by Crippen LogP contribution is -2.21. The Bertz CT molecular complexity index is 421. The quantitative estimate of drug-likeness (QED) is 0.825. The van der Waals surface area contributed by atoms with Gasteiger partial charge in [-0.3, -0.25) is 0 Å². The van der Waals surface area contributed by atoms with Gasteiger partial charge in [-0.2, -0.15) is 0 Å². The third kappa shape index (κ3) is 2.49. The van der Waals surface area contributed by atoms with E-state index in [1.807, 2.05) is 17.7 Å². The van der Waals surface area contributed by atoms with Gasteiger partial charge >= 0.3 is 0 Å². The van der Waals surface area contributed by atoms with E-state index < -0.39 is 0 Å². The van der Waals surface area contributed by atoms with Crippen molar-refractivity contribution in [3.05, 3.63) is 36.3 Å². The minimum Gasteiger partial charge on any atom is -0.472 e. The summed E-state index contributed by atoms with van der Waals surface area (Å²) in [5.74, 6) is 0.992. The molecule has 0 spiro atoms. The van der Waals surface area contributed by atoms with Gasteiger partial charge < -0.3 is 14.3 Å². The van der Waals surface area contributed by atoms with Crippen LogP contribution in [0.1, 0.15) is 24.4 Å². The lowest BCUT2D eigenvalue weighted by Gasteiger charge is -2.11. The third-order valence-corrected chi connectivity index (χ3v) is 2.65. The third-order valence-electron chi connectivity index (χ3n) is 2.65. The van der Waals surface area contributed by atoms with Crippen molar-refractivity contribution >= 4 is 0 Å². The first-order valence-electron chi connectivity index (χ1n) is 5.35. The van der Waals surface area contributed by atoms with E-state index in [1.54, 1.807) is 18.9 Å². The van der Waals surface area contributed by atoms with Gasteiger partial charge in [0.1, 0.15) is 12.2 Å². The second kappa shape index (κ2) is 4.94. The summed E-state index contributed by atoms with van der Waals surface area (Å²) in [6.07, 6.45) is 6.05. The summed E-state index contributed by atoms with van der Waals surface area (Å²) in [5, 5.41) is 11.3. The number of hydrogen-bond donors (Lipinski definition) is 1. The molecule has 0 saturated heterocycles. The number of rotatable bonds is 5. The Morgan fingerprint density at radius 3 is 3.06 bits per heavy atom. The molecule has 2 aromatic heterocycles. The predicted octanol–water partition coefficient (Wildman–Crippen LogP) is 1.30. The van der Waals surface area contributed by atoms with Gasteiger partial charge in [-0.15, -0.1) is 10.2 Å². The van der Waals surface area contributed by atoms with Crippen molar-refractivity contribution in [3.8, 4) is 0 Å². The Labute approximate surface area is 94.5 Å². The van der Waals surface area contributed by atoms with E-state index in [1.165, 1.54) is 0 Å². The summed E-state index contributed by atoms with van der Waals surface area (Å²) in [4.78, 5) is 0. The van der Waals surface area contributed by atoms with Gasteiger partial charge in [0.15, 0.2) is 0 Å². The second-order valence-corrected chi connectivity index (χ2v) is 3.84. The Morgan fingerprint density at radius 1 is 1.56 bits per heavy atom. The number of furan rings is 1. The van der Waals surface area contributed by atoms with Gasteiger partial charge in [0.25, 0.3) is 0 Å². The van der Waals surface area contributed by atoms with Crippen LogP contribution in [0.3, 0.4) is 0 Å². The molecule has 0 aliphatic carbocycles. The summed E-state index contributed by atoms with van der Waals surface area (Å²) in [6.45, 7) is 2.99. The Morgan fingerprint density at radius 2 is 2.44 bits per heavy atom. The fourth-order valence-electron chi connectivity index (χ4n) is 1.57. The van der Waals surface area contributed by atoms with E-state index in [0.29, 0.717) is 6.04 Å². The van der Waals surface area contributed by atoms with E-state index in [9.17, 15) is 0 Å². The molecule has 0 aliphatic rings. The monoisotopic (exact) mass is 220 g/mol. The molecule has 0 fully saturated rings. The summed E-state index contributed by atoms with van der Waals surface area (Å²) >= 11 is 0. The first-order valence-corrected chi connectivity index (χ1v) is 5.35. The molecule has 5 nitrogen and oxygen atoms in total. The molecule has 5 heteroatoms. The Hall–Kier alpha value is -1.62. The number of nitrogens with one attached hydrogen (secondary N) is 1. The minimum atomic E-state index is 0.298. The van der Waals surface area contributed by atoms with Crippen molar-refractivity contribution in [2.24, 2.45) is 7.05 Å². The van der Waals surface area contributed by atoms with Crippen LogP contribution in [-0.2, 0) is 13.5 Å². The van der Waals surface area contributed by atoms with Crippen LogP contribution in [0.5, 0.6) is 0 Å². The number of aromatic nitrogens is 3. The molecule has 0 aromatic carbocycles. The zero-order valence-corrected chi connectivity index (χ0v) is 9.55. The standard InChI is InChI=1S/C11H16N4O/c1-9(10-4-6-16-7-10)12-5-3-11-14-13-8-15(11)2/h4,6-9,12H,3,5H2,1-2H3. The van der Waals surface area contributed by atoms with Crippen molar-refractivity contribution in [2.45, 2.75) is 19.4 Å². The molecule has 0 radical (unpaired) electrons. The van der Waals surface area contributed by atoms with Crippen molar-refractivity contribution in [2.75, 3.05) is 6.54 Å². The highest BCUT2D eigenvalue weighted by molar-refractivity contribution is 5.10. The first-order chi connectivity index (χ1) is 7.77.